The van der Waals surface area contributed by atoms with Gasteiger partial charge < -0.3 is 5.11 Å². The minimum Gasteiger partial charge on any atom is -0.465 e. The third kappa shape index (κ3) is 2.88. The van der Waals surface area contributed by atoms with Crippen molar-refractivity contribution in [3.05, 3.63) is 65.7 Å². The Labute approximate surface area is 106 Å². The number of anilines is 1. The van der Waals surface area contributed by atoms with Crippen molar-refractivity contribution in [2.45, 2.75) is 13.5 Å². The predicted molar refractivity (Wildman–Crippen MR) is 71.8 cm³/mol. The van der Waals surface area contributed by atoms with E-state index in [1.807, 2.05) is 61.5 Å². The Morgan fingerprint density at radius 3 is 2.44 bits per heavy atom. The van der Waals surface area contributed by atoms with Gasteiger partial charge in [0, 0.05) is 5.69 Å². The monoisotopic (exact) mass is 241 g/mol. The zero-order chi connectivity index (χ0) is 13.0. The molecule has 1 N–H and O–H groups in total. The highest BCUT2D eigenvalue weighted by Crippen LogP contribution is 2.18. The van der Waals surface area contributed by atoms with Crippen LogP contribution in [0.2, 0.25) is 0 Å². The Balaban J connectivity index is 2.27. The minimum absolute atomic E-state index is 0.361. The second-order valence-electron chi connectivity index (χ2n) is 4.19. The fraction of sp³-hybridized carbons (Fsp3) is 0.133. The lowest BCUT2D eigenvalue weighted by Gasteiger charge is -2.19. The first-order valence-corrected chi connectivity index (χ1v) is 5.78. The summed E-state index contributed by atoms with van der Waals surface area (Å²) in [5.74, 6) is 0. The summed E-state index contributed by atoms with van der Waals surface area (Å²) in [6, 6.07) is 17.1. The van der Waals surface area contributed by atoms with Crippen molar-refractivity contribution in [1.82, 2.24) is 0 Å². The van der Waals surface area contributed by atoms with Crippen LogP contribution >= 0.6 is 0 Å². The van der Waals surface area contributed by atoms with E-state index in [2.05, 4.69) is 0 Å². The standard InChI is InChI=1S/C15H15NO2/c1-12-6-5-9-14(10-12)16(15(17)18)11-13-7-3-2-4-8-13/h2-10H,11H2,1H3,(H,17,18). The molecule has 0 aliphatic rings. The molecule has 0 spiro atoms. The van der Waals surface area contributed by atoms with Gasteiger partial charge in [-0.1, -0.05) is 42.5 Å². The summed E-state index contributed by atoms with van der Waals surface area (Å²) < 4.78 is 0. The molecule has 3 heteroatoms. The molecule has 0 unspecified atom stereocenters. The normalized spacial score (nSPS) is 10.1. The molecule has 0 atom stereocenters. The van der Waals surface area contributed by atoms with Gasteiger partial charge in [-0.15, -0.1) is 0 Å². The van der Waals surface area contributed by atoms with Crippen molar-refractivity contribution in [1.29, 1.82) is 0 Å². The molecular weight excluding hydrogens is 226 g/mol. The highest BCUT2D eigenvalue weighted by atomic mass is 16.4. The van der Waals surface area contributed by atoms with Crippen LogP contribution in [0.3, 0.4) is 0 Å². The van der Waals surface area contributed by atoms with Crippen molar-refractivity contribution < 1.29 is 9.90 Å². The Bertz CT molecular complexity index is 537. The second-order valence-corrected chi connectivity index (χ2v) is 4.19. The number of carboxylic acid groups (broad SMARTS) is 1. The van der Waals surface area contributed by atoms with Gasteiger partial charge >= 0.3 is 6.09 Å². The van der Waals surface area contributed by atoms with Crippen LogP contribution in [0.25, 0.3) is 0 Å². The Kier molecular flexibility index (Phi) is 3.63. The molecular formula is C15H15NO2. The van der Waals surface area contributed by atoms with Gasteiger partial charge in [-0.25, -0.2) is 4.79 Å². The average Bonchev–Trinajstić information content (AvgIpc) is 2.37. The molecule has 0 aliphatic heterocycles. The smallest absolute Gasteiger partial charge is 0.412 e. The molecule has 0 aromatic heterocycles. The minimum atomic E-state index is -0.940. The molecule has 0 saturated heterocycles. The van der Waals surface area contributed by atoms with E-state index >= 15 is 0 Å². The van der Waals surface area contributed by atoms with E-state index in [1.54, 1.807) is 0 Å². The van der Waals surface area contributed by atoms with Gasteiger partial charge in [-0.05, 0) is 30.2 Å². The van der Waals surface area contributed by atoms with E-state index < -0.39 is 6.09 Å². The van der Waals surface area contributed by atoms with Gasteiger partial charge in [0.2, 0.25) is 0 Å². The van der Waals surface area contributed by atoms with Gasteiger partial charge in [0.15, 0.2) is 0 Å². The second kappa shape index (κ2) is 5.36. The van der Waals surface area contributed by atoms with Crippen LogP contribution in [-0.2, 0) is 6.54 Å². The zero-order valence-corrected chi connectivity index (χ0v) is 10.2. The Morgan fingerprint density at radius 1 is 1.11 bits per heavy atom. The molecule has 2 rings (SSSR count). The van der Waals surface area contributed by atoms with Crippen LogP contribution in [0.1, 0.15) is 11.1 Å². The molecule has 0 heterocycles. The quantitative estimate of drug-likeness (QED) is 0.890. The summed E-state index contributed by atoms with van der Waals surface area (Å²) in [5.41, 5.74) is 2.72. The van der Waals surface area contributed by atoms with Crippen LogP contribution in [0.5, 0.6) is 0 Å². The van der Waals surface area contributed by atoms with Crippen molar-refractivity contribution in [2.24, 2.45) is 0 Å². The first-order valence-electron chi connectivity index (χ1n) is 5.78. The van der Waals surface area contributed by atoms with Crippen molar-refractivity contribution in [2.75, 3.05) is 4.90 Å². The highest BCUT2D eigenvalue weighted by Gasteiger charge is 2.14. The molecule has 3 nitrogen and oxygen atoms in total. The van der Waals surface area contributed by atoms with Crippen LogP contribution in [-0.4, -0.2) is 11.2 Å². The van der Waals surface area contributed by atoms with E-state index in [9.17, 15) is 9.90 Å². The van der Waals surface area contributed by atoms with Crippen molar-refractivity contribution in [3.63, 3.8) is 0 Å². The molecule has 92 valence electrons. The lowest BCUT2D eigenvalue weighted by atomic mass is 10.1. The number of hydrogen-bond acceptors (Lipinski definition) is 1. The van der Waals surface area contributed by atoms with E-state index in [1.165, 1.54) is 4.90 Å². The largest absolute Gasteiger partial charge is 0.465 e. The highest BCUT2D eigenvalue weighted by molar-refractivity contribution is 5.86. The topological polar surface area (TPSA) is 40.5 Å². The van der Waals surface area contributed by atoms with Crippen molar-refractivity contribution in [3.8, 4) is 0 Å². The van der Waals surface area contributed by atoms with Crippen LogP contribution in [0.15, 0.2) is 54.6 Å². The maximum absolute atomic E-state index is 11.3. The van der Waals surface area contributed by atoms with Crippen LogP contribution in [0, 0.1) is 6.92 Å². The van der Waals surface area contributed by atoms with Gasteiger partial charge in [0.25, 0.3) is 0 Å². The molecule has 0 aliphatic carbocycles. The number of aryl methyl sites for hydroxylation is 1. The summed E-state index contributed by atoms with van der Waals surface area (Å²) >= 11 is 0. The Hall–Kier alpha value is -2.29. The number of carbonyl (C=O) groups is 1. The number of amides is 1. The fourth-order valence-corrected chi connectivity index (χ4v) is 1.83. The molecule has 0 bridgehead atoms. The van der Waals surface area contributed by atoms with E-state index in [4.69, 9.17) is 0 Å². The SMILES string of the molecule is Cc1cccc(N(Cc2ccccc2)C(=O)O)c1. The van der Waals surface area contributed by atoms with Crippen molar-refractivity contribution >= 4 is 11.8 Å². The summed E-state index contributed by atoms with van der Waals surface area (Å²) in [6.07, 6.45) is -0.940. The Morgan fingerprint density at radius 2 is 1.83 bits per heavy atom. The molecule has 18 heavy (non-hydrogen) atoms. The predicted octanol–water partition coefficient (Wildman–Crippen LogP) is 3.68. The first kappa shape index (κ1) is 12.2. The maximum atomic E-state index is 11.3. The summed E-state index contributed by atoms with van der Waals surface area (Å²) in [7, 11) is 0. The van der Waals surface area contributed by atoms with E-state index in [0.717, 1.165) is 11.1 Å². The lowest BCUT2D eigenvalue weighted by molar-refractivity contribution is 0.201. The van der Waals surface area contributed by atoms with Crippen LogP contribution < -0.4 is 4.90 Å². The van der Waals surface area contributed by atoms with Crippen LogP contribution in [0.4, 0.5) is 10.5 Å². The fourth-order valence-electron chi connectivity index (χ4n) is 1.83. The molecule has 0 saturated carbocycles. The summed E-state index contributed by atoms with van der Waals surface area (Å²) in [5, 5.41) is 9.30. The van der Waals surface area contributed by atoms with E-state index in [0.29, 0.717) is 12.2 Å². The summed E-state index contributed by atoms with van der Waals surface area (Å²) in [4.78, 5) is 12.7. The third-order valence-electron chi connectivity index (χ3n) is 2.73. The third-order valence-corrected chi connectivity index (χ3v) is 2.73. The molecule has 2 aromatic carbocycles. The maximum Gasteiger partial charge on any atom is 0.412 e. The first-order chi connectivity index (χ1) is 8.66. The number of rotatable bonds is 3. The van der Waals surface area contributed by atoms with Gasteiger partial charge in [-0.2, -0.15) is 0 Å². The van der Waals surface area contributed by atoms with Gasteiger partial charge in [0.1, 0.15) is 0 Å². The number of nitrogens with zero attached hydrogens (tertiary/aromatic N) is 1. The molecule has 1 amide bonds. The summed E-state index contributed by atoms with van der Waals surface area (Å²) in [6.45, 7) is 2.31. The average molecular weight is 241 g/mol. The van der Waals surface area contributed by atoms with Gasteiger partial charge in [0.05, 0.1) is 6.54 Å². The van der Waals surface area contributed by atoms with E-state index in [-0.39, 0.29) is 0 Å². The number of hydrogen-bond donors (Lipinski definition) is 1. The number of benzene rings is 2. The molecule has 0 radical (unpaired) electrons. The lowest BCUT2D eigenvalue weighted by Crippen LogP contribution is -2.28. The van der Waals surface area contributed by atoms with Gasteiger partial charge in [-0.3, -0.25) is 4.90 Å². The molecule has 0 fully saturated rings. The zero-order valence-electron chi connectivity index (χ0n) is 10.2. The molecule has 2 aromatic rings.